The Morgan fingerprint density at radius 3 is 2.65 bits per heavy atom. The second-order valence-corrected chi connectivity index (χ2v) is 4.47. The molecule has 0 aromatic heterocycles. The van der Waals surface area contributed by atoms with Crippen LogP contribution in [0.4, 0.5) is 0 Å². The van der Waals surface area contributed by atoms with E-state index in [1.165, 1.54) is 0 Å². The van der Waals surface area contributed by atoms with E-state index in [9.17, 15) is 4.79 Å². The van der Waals surface area contributed by atoms with Gasteiger partial charge in [-0.05, 0) is 20.8 Å². The fourth-order valence-corrected chi connectivity index (χ4v) is 1.97. The standard InChI is InChI=1S/C12H25N3O2/c1-4-17-10(2)9-14-12(16)11(3)15-7-5-13-6-8-15/h10-11,13H,4-9H2,1-3H3,(H,14,16). The quantitative estimate of drug-likeness (QED) is 0.679. The molecule has 1 saturated heterocycles. The van der Waals surface area contributed by atoms with E-state index in [1.54, 1.807) is 0 Å². The Hall–Kier alpha value is -0.650. The van der Waals surface area contributed by atoms with Gasteiger partial charge in [0.25, 0.3) is 0 Å². The van der Waals surface area contributed by atoms with Crippen molar-refractivity contribution in [2.24, 2.45) is 0 Å². The minimum absolute atomic E-state index is 0.0501. The largest absolute Gasteiger partial charge is 0.377 e. The summed E-state index contributed by atoms with van der Waals surface area (Å²) in [4.78, 5) is 14.1. The summed E-state index contributed by atoms with van der Waals surface area (Å²) in [5, 5.41) is 6.22. The first-order valence-electron chi connectivity index (χ1n) is 6.49. The van der Waals surface area contributed by atoms with Crippen molar-refractivity contribution in [1.82, 2.24) is 15.5 Å². The first-order chi connectivity index (χ1) is 8.15. The van der Waals surface area contributed by atoms with Gasteiger partial charge in [0.05, 0.1) is 12.1 Å². The summed E-state index contributed by atoms with van der Waals surface area (Å²) in [5.41, 5.74) is 0. The van der Waals surface area contributed by atoms with Crippen molar-refractivity contribution in [3.05, 3.63) is 0 Å². The van der Waals surface area contributed by atoms with E-state index < -0.39 is 0 Å². The summed E-state index contributed by atoms with van der Waals surface area (Å²) < 4.78 is 5.38. The number of rotatable bonds is 6. The molecule has 1 heterocycles. The van der Waals surface area contributed by atoms with E-state index in [0.717, 1.165) is 26.2 Å². The Balaban J connectivity index is 2.25. The zero-order chi connectivity index (χ0) is 12.7. The number of hydrogen-bond acceptors (Lipinski definition) is 4. The van der Waals surface area contributed by atoms with Crippen molar-refractivity contribution < 1.29 is 9.53 Å². The van der Waals surface area contributed by atoms with Gasteiger partial charge in [0.1, 0.15) is 0 Å². The highest BCUT2D eigenvalue weighted by Gasteiger charge is 2.22. The first kappa shape index (κ1) is 14.4. The fraction of sp³-hybridized carbons (Fsp3) is 0.917. The van der Waals surface area contributed by atoms with Crippen LogP contribution in [0.5, 0.6) is 0 Å². The molecule has 2 N–H and O–H groups in total. The number of hydrogen-bond donors (Lipinski definition) is 2. The maximum Gasteiger partial charge on any atom is 0.237 e. The van der Waals surface area contributed by atoms with Crippen LogP contribution in [-0.2, 0) is 9.53 Å². The van der Waals surface area contributed by atoms with Crippen LogP contribution in [-0.4, -0.2) is 62.3 Å². The molecular formula is C12H25N3O2. The third-order valence-electron chi connectivity index (χ3n) is 3.09. The molecule has 100 valence electrons. The van der Waals surface area contributed by atoms with Gasteiger partial charge in [-0.3, -0.25) is 9.69 Å². The SMILES string of the molecule is CCOC(C)CNC(=O)C(C)N1CCNCC1. The molecule has 0 spiro atoms. The minimum atomic E-state index is -0.0501. The molecule has 0 aromatic carbocycles. The van der Waals surface area contributed by atoms with E-state index in [-0.39, 0.29) is 18.1 Å². The Bertz CT molecular complexity index is 230. The van der Waals surface area contributed by atoms with Gasteiger partial charge >= 0.3 is 0 Å². The third-order valence-corrected chi connectivity index (χ3v) is 3.09. The predicted octanol–water partition coefficient (Wildman–Crippen LogP) is -0.179. The van der Waals surface area contributed by atoms with Crippen molar-refractivity contribution in [2.75, 3.05) is 39.3 Å². The number of amides is 1. The van der Waals surface area contributed by atoms with Crippen LogP contribution in [0.25, 0.3) is 0 Å². The molecule has 2 unspecified atom stereocenters. The number of ether oxygens (including phenoxy) is 1. The minimum Gasteiger partial charge on any atom is -0.377 e. The highest BCUT2D eigenvalue weighted by molar-refractivity contribution is 5.81. The lowest BCUT2D eigenvalue weighted by Gasteiger charge is -2.32. The summed E-state index contributed by atoms with van der Waals surface area (Å²) in [6.07, 6.45) is 0.0826. The summed E-state index contributed by atoms with van der Waals surface area (Å²) in [7, 11) is 0. The molecule has 0 radical (unpaired) electrons. The number of carbonyl (C=O) groups is 1. The van der Waals surface area contributed by atoms with Crippen LogP contribution in [0.2, 0.25) is 0 Å². The average molecular weight is 243 g/mol. The maximum atomic E-state index is 11.9. The molecule has 17 heavy (non-hydrogen) atoms. The van der Waals surface area contributed by atoms with Crippen molar-refractivity contribution in [3.63, 3.8) is 0 Å². The maximum absolute atomic E-state index is 11.9. The van der Waals surface area contributed by atoms with Crippen molar-refractivity contribution in [1.29, 1.82) is 0 Å². The zero-order valence-electron chi connectivity index (χ0n) is 11.2. The Morgan fingerprint density at radius 2 is 2.06 bits per heavy atom. The van der Waals surface area contributed by atoms with Crippen molar-refractivity contribution >= 4 is 5.91 Å². The van der Waals surface area contributed by atoms with Crippen LogP contribution >= 0.6 is 0 Å². The van der Waals surface area contributed by atoms with Crippen molar-refractivity contribution in [2.45, 2.75) is 32.9 Å². The van der Waals surface area contributed by atoms with Gasteiger partial charge in [-0.1, -0.05) is 0 Å². The molecule has 1 rings (SSSR count). The summed E-state index contributed by atoms with van der Waals surface area (Å²) >= 11 is 0. The number of nitrogens with one attached hydrogen (secondary N) is 2. The second kappa shape index (κ2) is 7.63. The van der Waals surface area contributed by atoms with E-state index in [0.29, 0.717) is 13.2 Å². The molecule has 5 heteroatoms. The lowest BCUT2D eigenvalue weighted by molar-refractivity contribution is -0.126. The predicted molar refractivity (Wildman–Crippen MR) is 68.0 cm³/mol. The summed E-state index contributed by atoms with van der Waals surface area (Å²) in [6, 6.07) is -0.0501. The molecule has 1 amide bonds. The molecule has 5 nitrogen and oxygen atoms in total. The normalized spacial score (nSPS) is 20.9. The van der Waals surface area contributed by atoms with Crippen LogP contribution in [0.1, 0.15) is 20.8 Å². The van der Waals surface area contributed by atoms with Gasteiger partial charge in [-0.15, -0.1) is 0 Å². The van der Waals surface area contributed by atoms with Crippen molar-refractivity contribution in [3.8, 4) is 0 Å². The van der Waals surface area contributed by atoms with Gasteiger partial charge in [-0.25, -0.2) is 0 Å². The molecule has 1 fully saturated rings. The van der Waals surface area contributed by atoms with E-state index in [2.05, 4.69) is 15.5 Å². The highest BCUT2D eigenvalue weighted by Crippen LogP contribution is 2.01. The van der Waals surface area contributed by atoms with Gasteiger partial charge in [0.15, 0.2) is 0 Å². The van der Waals surface area contributed by atoms with Crippen LogP contribution in [0.3, 0.4) is 0 Å². The molecule has 0 bridgehead atoms. The van der Waals surface area contributed by atoms with Crippen LogP contribution in [0, 0.1) is 0 Å². The molecule has 1 aliphatic heterocycles. The number of carbonyl (C=O) groups excluding carboxylic acids is 1. The van der Waals surface area contributed by atoms with Gasteiger partial charge in [-0.2, -0.15) is 0 Å². The fourth-order valence-electron chi connectivity index (χ4n) is 1.97. The summed E-state index contributed by atoms with van der Waals surface area (Å²) in [5.74, 6) is 0.0958. The molecule has 0 aliphatic carbocycles. The average Bonchev–Trinajstić information content (AvgIpc) is 2.36. The summed E-state index contributed by atoms with van der Waals surface area (Å²) in [6.45, 7) is 11.0. The number of piperazine rings is 1. The second-order valence-electron chi connectivity index (χ2n) is 4.47. The van der Waals surface area contributed by atoms with Gasteiger partial charge < -0.3 is 15.4 Å². The highest BCUT2D eigenvalue weighted by atomic mass is 16.5. The number of nitrogens with zero attached hydrogens (tertiary/aromatic N) is 1. The topological polar surface area (TPSA) is 53.6 Å². The van der Waals surface area contributed by atoms with Gasteiger partial charge in [0, 0.05) is 39.3 Å². The Morgan fingerprint density at radius 1 is 1.41 bits per heavy atom. The van der Waals surface area contributed by atoms with E-state index in [4.69, 9.17) is 4.74 Å². The Labute approximate surface area is 104 Å². The van der Waals surface area contributed by atoms with E-state index >= 15 is 0 Å². The van der Waals surface area contributed by atoms with Crippen LogP contribution < -0.4 is 10.6 Å². The smallest absolute Gasteiger partial charge is 0.237 e. The Kier molecular flexibility index (Phi) is 6.47. The third kappa shape index (κ3) is 5.02. The van der Waals surface area contributed by atoms with Crippen LogP contribution in [0.15, 0.2) is 0 Å². The molecular weight excluding hydrogens is 218 g/mol. The molecule has 0 saturated carbocycles. The molecule has 1 aliphatic rings. The molecule has 2 atom stereocenters. The van der Waals surface area contributed by atoms with Gasteiger partial charge in [0.2, 0.25) is 5.91 Å². The van der Waals surface area contributed by atoms with E-state index in [1.807, 2.05) is 20.8 Å². The lowest BCUT2D eigenvalue weighted by Crippen LogP contribution is -2.53. The monoisotopic (exact) mass is 243 g/mol. The molecule has 0 aromatic rings. The lowest BCUT2D eigenvalue weighted by atomic mass is 10.2. The zero-order valence-corrected chi connectivity index (χ0v) is 11.2. The first-order valence-corrected chi connectivity index (χ1v) is 6.49.